The zero-order valence-electron chi connectivity index (χ0n) is 21.3. The van der Waals surface area contributed by atoms with E-state index in [1.165, 1.54) is 59.4 Å². The van der Waals surface area contributed by atoms with Gasteiger partial charge in [-0.05, 0) is 66.1 Å². The minimum absolute atomic E-state index is 0.137. The summed E-state index contributed by atoms with van der Waals surface area (Å²) in [5.41, 5.74) is 9.34. The molecule has 39 heavy (non-hydrogen) atoms. The van der Waals surface area contributed by atoms with Crippen molar-refractivity contribution in [2.45, 2.75) is 0 Å². The second-order valence-corrected chi connectivity index (χ2v) is 14.4. The van der Waals surface area contributed by atoms with E-state index in [4.69, 9.17) is 4.74 Å². The first-order valence-electron chi connectivity index (χ1n) is 13.7. The number of benzene rings is 6. The molecule has 0 aliphatic carbocycles. The highest BCUT2D eigenvalue weighted by Gasteiger charge is 2.55. The maximum absolute atomic E-state index is 6.73. The van der Waals surface area contributed by atoms with Crippen LogP contribution in [0.15, 0.2) is 140 Å². The maximum atomic E-state index is 6.73. The second kappa shape index (κ2) is 7.72. The van der Waals surface area contributed by atoms with Gasteiger partial charge in [0, 0.05) is 0 Å². The standard InChI is InChI=1S/C36H23BOSi/c1-2-12-24(13-3-1)39-33-20-10-6-16-27(33)25-14-4-5-15-26(25)28-22-23-32-35(36(28)39)37(30-18-8-11-21-34(30)39)29-17-7-9-19-31(29)38-32/h1-23H. The van der Waals surface area contributed by atoms with E-state index >= 15 is 0 Å². The van der Waals surface area contributed by atoms with Crippen molar-refractivity contribution in [1.82, 2.24) is 0 Å². The Kier molecular flexibility index (Phi) is 4.23. The molecule has 1 nitrogen and oxygen atoms in total. The van der Waals surface area contributed by atoms with Gasteiger partial charge in [0.15, 0.2) is 8.07 Å². The highest BCUT2D eigenvalue weighted by atomic mass is 28.3. The van der Waals surface area contributed by atoms with Crippen molar-refractivity contribution >= 4 is 51.9 Å². The van der Waals surface area contributed by atoms with Crippen LogP contribution < -0.4 is 41.9 Å². The first kappa shape index (κ1) is 21.3. The lowest BCUT2D eigenvalue weighted by Crippen LogP contribution is -2.87. The molecule has 0 aromatic heterocycles. The average Bonchev–Trinajstić information content (AvgIpc) is 3.12. The first-order valence-corrected chi connectivity index (χ1v) is 15.7. The van der Waals surface area contributed by atoms with Gasteiger partial charge in [0.2, 0.25) is 0 Å². The van der Waals surface area contributed by atoms with E-state index in [1.54, 1.807) is 0 Å². The lowest BCUT2D eigenvalue weighted by Gasteiger charge is -2.45. The molecule has 3 heteroatoms. The Morgan fingerprint density at radius 2 is 1.05 bits per heavy atom. The lowest BCUT2D eigenvalue weighted by atomic mass is 9.35. The fourth-order valence-corrected chi connectivity index (χ4v) is 13.4. The Morgan fingerprint density at radius 3 is 1.87 bits per heavy atom. The molecule has 0 bridgehead atoms. The number of hydrogen-bond acceptors (Lipinski definition) is 1. The Morgan fingerprint density at radius 1 is 0.436 bits per heavy atom. The van der Waals surface area contributed by atoms with E-state index in [0.29, 0.717) is 0 Å². The predicted molar refractivity (Wildman–Crippen MR) is 166 cm³/mol. The number of rotatable bonds is 1. The number of fused-ring (bicyclic) bond motifs is 10. The zero-order valence-corrected chi connectivity index (χ0v) is 22.3. The Bertz CT molecular complexity index is 1960. The molecule has 0 amide bonds. The van der Waals surface area contributed by atoms with Gasteiger partial charge < -0.3 is 4.74 Å². The Balaban J connectivity index is 1.57. The summed E-state index contributed by atoms with van der Waals surface area (Å²) in [6.45, 7) is 0.137. The maximum Gasteiger partial charge on any atom is 0.250 e. The largest absolute Gasteiger partial charge is 0.458 e. The van der Waals surface area contributed by atoms with Crippen molar-refractivity contribution in [1.29, 1.82) is 0 Å². The van der Waals surface area contributed by atoms with Crippen LogP contribution in [-0.4, -0.2) is 14.8 Å². The fraction of sp³-hybridized carbons (Fsp3) is 0. The summed E-state index contributed by atoms with van der Waals surface area (Å²) in [6, 6.07) is 51.9. The average molecular weight is 510 g/mol. The normalized spacial score (nSPS) is 17.0. The van der Waals surface area contributed by atoms with E-state index in [9.17, 15) is 0 Å². The fourth-order valence-electron chi connectivity index (χ4n) is 7.66. The summed E-state index contributed by atoms with van der Waals surface area (Å²) in [7, 11) is -2.76. The van der Waals surface area contributed by atoms with Crippen LogP contribution in [0.3, 0.4) is 0 Å². The molecule has 3 aliphatic heterocycles. The molecule has 9 rings (SSSR count). The van der Waals surface area contributed by atoms with E-state index in [2.05, 4.69) is 140 Å². The van der Waals surface area contributed by atoms with E-state index in [0.717, 1.165) is 11.5 Å². The van der Waals surface area contributed by atoms with Crippen LogP contribution >= 0.6 is 0 Å². The summed E-state index contributed by atoms with van der Waals surface area (Å²) in [4.78, 5) is 0. The third-order valence-corrected chi connectivity index (χ3v) is 14.0. The van der Waals surface area contributed by atoms with Crippen LogP contribution in [0.25, 0.3) is 22.3 Å². The molecule has 6 aromatic rings. The highest BCUT2D eigenvalue weighted by Crippen LogP contribution is 2.38. The van der Waals surface area contributed by atoms with Crippen molar-refractivity contribution in [3.05, 3.63) is 140 Å². The minimum atomic E-state index is -2.76. The molecule has 0 saturated carbocycles. The Hall–Kier alpha value is -4.60. The topological polar surface area (TPSA) is 9.23 Å². The lowest BCUT2D eigenvalue weighted by molar-refractivity contribution is 0.488. The second-order valence-electron chi connectivity index (χ2n) is 10.8. The zero-order chi connectivity index (χ0) is 25.6. The van der Waals surface area contributed by atoms with Gasteiger partial charge in [0.25, 0.3) is 6.71 Å². The molecule has 0 saturated heterocycles. The summed E-state index contributed by atoms with van der Waals surface area (Å²) in [6.07, 6.45) is 0. The predicted octanol–water partition coefficient (Wildman–Crippen LogP) is 3.65. The third kappa shape index (κ3) is 2.61. The van der Waals surface area contributed by atoms with Gasteiger partial charge in [0.05, 0.1) is 0 Å². The van der Waals surface area contributed by atoms with Crippen molar-refractivity contribution in [2.75, 3.05) is 0 Å². The monoisotopic (exact) mass is 510 g/mol. The molecule has 6 aromatic carbocycles. The molecule has 180 valence electrons. The molecule has 0 spiro atoms. The van der Waals surface area contributed by atoms with Crippen LogP contribution in [0.4, 0.5) is 0 Å². The number of ether oxygens (including phenoxy) is 1. The molecule has 3 aliphatic rings. The van der Waals surface area contributed by atoms with Crippen LogP contribution in [0.5, 0.6) is 11.5 Å². The molecule has 0 N–H and O–H groups in total. The van der Waals surface area contributed by atoms with Crippen LogP contribution in [0.1, 0.15) is 0 Å². The van der Waals surface area contributed by atoms with E-state index in [-0.39, 0.29) is 6.71 Å². The van der Waals surface area contributed by atoms with Crippen molar-refractivity contribution < 1.29 is 4.74 Å². The molecule has 1 atom stereocenters. The number of hydrogen-bond donors (Lipinski definition) is 0. The van der Waals surface area contributed by atoms with Crippen molar-refractivity contribution in [3.63, 3.8) is 0 Å². The van der Waals surface area contributed by atoms with Gasteiger partial charge in [0.1, 0.15) is 11.5 Å². The summed E-state index contributed by atoms with van der Waals surface area (Å²) in [5.74, 6) is 1.96. The summed E-state index contributed by atoms with van der Waals surface area (Å²) < 4.78 is 6.73. The van der Waals surface area contributed by atoms with E-state index in [1.807, 2.05) is 0 Å². The quantitative estimate of drug-likeness (QED) is 0.307. The molecule has 0 radical (unpaired) electrons. The van der Waals surface area contributed by atoms with Crippen molar-refractivity contribution in [3.8, 4) is 33.8 Å². The van der Waals surface area contributed by atoms with Gasteiger partial charge in [-0.25, -0.2) is 0 Å². The van der Waals surface area contributed by atoms with Gasteiger partial charge in [-0.1, -0.05) is 133 Å². The minimum Gasteiger partial charge on any atom is -0.458 e. The third-order valence-electron chi connectivity index (χ3n) is 9.04. The molecular weight excluding hydrogens is 487 g/mol. The summed E-state index contributed by atoms with van der Waals surface area (Å²) >= 11 is 0. The smallest absolute Gasteiger partial charge is 0.250 e. The van der Waals surface area contributed by atoms with Gasteiger partial charge in [-0.3, -0.25) is 0 Å². The molecule has 1 unspecified atom stereocenters. The van der Waals surface area contributed by atoms with Crippen LogP contribution in [0.2, 0.25) is 0 Å². The summed E-state index contributed by atoms with van der Waals surface area (Å²) in [5, 5.41) is 5.86. The van der Waals surface area contributed by atoms with Gasteiger partial charge >= 0.3 is 0 Å². The first-order chi connectivity index (χ1) is 19.4. The van der Waals surface area contributed by atoms with Gasteiger partial charge in [-0.2, -0.15) is 0 Å². The Labute approximate surface area is 229 Å². The molecule has 0 fully saturated rings. The highest BCUT2D eigenvalue weighted by molar-refractivity contribution is 7.27. The SMILES string of the molecule is c1ccc([Si]23c4ccccc4B4c5ccccc5Oc5ccc(c2c54)-c2ccccc2-c2ccccc23)cc1. The van der Waals surface area contributed by atoms with E-state index < -0.39 is 8.07 Å². The number of para-hydroxylation sites is 1. The van der Waals surface area contributed by atoms with Crippen LogP contribution in [-0.2, 0) is 0 Å². The molecular formula is C36H23BOSi. The van der Waals surface area contributed by atoms with Crippen molar-refractivity contribution in [2.24, 2.45) is 0 Å². The molecule has 3 heterocycles. The van der Waals surface area contributed by atoms with Crippen LogP contribution in [0, 0.1) is 0 Å². The van der Waals surface area contributed by atoms with Gasteiger partial charge in [-0.15, -0.1) is 0 Å².